The van der Waals surface area contributed by atoms with Crippen molar-refractivity contribution < 1.29 is 14.3 Å². The number of rotatable bonds is 4. The number of benzene rings is 2. The summed E-state index contributed by atoms with van der Waals surface area (Å²) in [5.41, 5.74) is 2.62. The van der Waals surface area contributed by atoms with E-state index >= 15 is 0 Å². The minimum atomic E-state index is -0.128. The van der Waals surface area contributed by atoms with Crippen LogP contribution in [0.3, 0.4) is 0 Å². The van der Waals surface area contributed by atoms with Crippen LogP contribution in [0.4, 0.5) is 5.69 Å². The van der Waals surface area contributed by atoms with Gasteiger partial charge in [-0.1, -0.05) is 12.1 Å². The first-order valence-electron chi connectivity index (χ1n) is 8.02. The summed E-state index contributed by atoms with van der Waals surface area (Å²) in [5.74, 6) is 1.39. The Morgan fingerprint density at radius 3 is 2.58 bits per heavy atom. The molecule has 0 saturated carbocycles. The SMILES string of the molecule is C[C@H](NC(=O)c1cccc(N(C)C)c1)c1ccc2c(c1)OCCO2. The van der Waals surface area contributed by atoms with Gasteiger partial charge >= 0.3 is 0 Å². The molecule has 24 heavy (non-hydrogen) atoms. The highest BCUT2D eigenvalue weighted by molar-refractivity contribution is 5.95. The fourth-order valence-corrected chi connectivity index (χ4v) is 2.62. The Balaban J connectivity index is 1.73. The maximum Gasteiger partial charge on any atom is 0.251 e. The van der Waals surface area contributed by atoms with Gasteiger partial charge < -0.3 is 19.7 Å². The summed E-state index contributed by atoms with van der Waals surface area (Å²) in [7, 11) is 3.91. The van der Waals surface area contributed by atoms with E-state index in [1.807, 2.05) is 68.4 Å². The first-order chi connectivity index (χ1) is 11.5. The largest absolute Gasteiger partial charge is 0.486 e. The molecule has 0 fully saturated rings. The standard InChI is InChI=1S/C19H22N2O3/c1-13(14-7-8-17-18(12-14)24-10-9-23-17)20-19(22)15-5-4-6-16(11-15)21(2)3/h4-8,11-13H,9-10H2,1-3H3,(H,20,22)/t13-/m0/s1. The number of nitrogens with zero attached hydrogens (tertiary/aromatic N) is 1. The Morgan fingerprint density at radius 2 is 1.83 bits per heavy atom. The summed E-state index contributed by atoms with van der Waals surface area (Å²) < 4.78 is 11.1. The minimum Gasteiger partial charge on any atom is -0.486 e. The molecule has 0 aromatic heterocycles. The van der Waals surface area contributed by atoms with Crippen molar-refractivity contribution in [3.05, 3.63) is 53.6 Å². The fourth-order valence-electron chi connectivity index (χ4n) is 2.62. The van der Waals surface area contributed by atoms with Crippen molar-refractivity contribution in [3.63, 3.8) is 0 Å². The number of carbonyl (C=O) groups is 1. The van der Waals surface area contributed by atoms with Gasteiger partial charge in [-0.3, -0.25) is 4.79 Å². The fraction of sp³-hybridized carbons (Fsp3) is 0.316. The summed E-state index contributed by atoms with van der Waals surface area (Å²) in [4.78, 5) is 14.5. The lowest BCUT2D eigenvalue weighted by Gasteiger charge is -2.21. The third-order valence-corrected chi connectivity index (χ3v) is 4.04. The molecule has 0 bridgehead atoms. The molecule has 1 N–H and O–H groups in total. The van der Waals surface area contributed by atoms with E-state index in [4.69, 9.17) is 9.47 Å². The van der Waals surface area contributed by atoms with E-state index in [0.29, 0.717) is 18.8 Å². The Labute approximate surface area is 142 Å². The van der Waals surface area contributed by atoms with Crippen LogP contribution in [0.2, 0.25) is 0 Å². The van der Waals surface area contributed by atoms with Crippen molar-refractivity contribution >= 4 is 11.6 Å². The van der Waals surface area contributed by atoms with Gasteiger partial charge in [-0.05, 0) is 42.8 Å². The molecular weight excluding hydrogens is 304 g/mol. The molecule has 1 aliphatic rings. The zero-order valence-electron chi connectivity index (χ0n) is 14.2. The highest BCUT2D eigenvalue weighted by atomic mass is 16.6. The Kier molecular flexibility index (Phi) is 4.60. The van der Waals surface area contributed by atoms with Gasteiger partial charge in [-0.2, -0.15) is 0 Å². The highest BCUT2D eigenvalue weighted by Gasteiger charge is 2.16. The monoisotopic (exact) mass is 326 g/mol. The van der Waals surface area contributed by atoms with Crippen LogP contribution >= 0.6 is 0 Å². The number of fused-ring (bicyclic) bond motifs is 1. The molecule has 0 spiro atoms. The van der Waals surface area contributed by atoms with Crippen molar-refractivity contribution in [2.75, 3.05) is 32.2 Å². The van der Waals surface area contributed by atoms with Crippen molar-refractivity contribution in [2.24, 2.45) is 0 Å². The molecule has 126 valence electrons. The molecule has 2 aromatic rings. The predicted molar refractivity (Wildman–Crippen MR) is 94.1 cm³/mol. The smallest absolute Gasteiger partial charge is 0.251 e. The molecule has 0 saturated heterocycles. The van der Waals surface area contributed by atoms with E-state index < -0.39 is 0 Å². The predicted octanol–water partition coefficient (Wildman–Crippen LogP) is 3.01. The van der Waals surface area contributed by atoms with E-state index in [1.165, 1.54) is 0 Å². The van der Waals surface area contributed by atoms with Gasteiger partial charge in [0.1, 0.15) is 13.2 Å². The van der Waals surface area contributed by atoms with Crippen LogP contribution in [0.25, 0.3) is 0 Å². The summed E-state index contributed by atoms with van der Waals surface area (Å²) in [6, 6.07) is 13.2. The van der Waals surface area contributed by atoms with Crippen LogP contribution in [-0.4, -0.2) is 33.2 Å². The lowest BCUT2D eigenvalue weighted by Crippen LogP contribution is -2.27. The summed E-state index contributed by atoms with van der Waals surface area (Å²) in [6.45, 7) is 3.08. The van der Waals surface area contributed by atoms with Crippen LogP contribution in [0.15, 0.2) is 42.5 Å². The molecule has 2 aromatic carbocycles. The zero-order chi connectivity index (χ0) is 17.1. The summed E-state index contributed by atoms with van der Waals surface area (Å²) >= 11 is 0. The maximum absolute atomic E-state index is 12.5. The van der Waals surface area contributed by atoms with Gasteiger partial charge in [0.15, 0.2) is 11.5 Å². The average molecular weight is 326 g/mol. The lowest BCUT2D eigenvalue weighted by molar-refractivity contribution is 0.0939. The van der Waals surface area contributed by atoms with Gasteiger partial charge in [0, 0.05) is 25.3 Å². The van der Waals surface area contributed by atoms with Crippen LogP contribution in [-0.2, 0) is 0 Å². The minimum absolute atomic E-state index is 0.0962. The van der Waals surface area contributed by atoms with Crippen molar-refractivity contribution in [2.45, 2.75) is 13.0 Å². The molecule has 1 heterocycles. The number of hydrogen-bond donors (Lipinski definition) is 1. The summed E-state index contributed by atoms with van der Waals surface area (Å²) in [6.07, 6.45) is 0. The number of carbonyl (C=O) groups excluding carboxylic acids is 1. The highest BCUT2D eigenvalue weighted by Crippen LogP contribution is 2.32. The van der Waals surface area contributed by atoms with E-state index in [1.54, 1.807) is 0 Å². The molecule has 1 amide bonds. The molecule has 0 unspecified atom stereocenters. The third-order valence-electron chi connectivity index (χ3n) is 4.04. The van der Waals surface area contributed by atoms with Crippen molar-refractivity contribution in [3.8, 4) is 11.5 Å². The molecule has 3 rings (SSSR count). The molecule has 5 nitrogen and oxygen atoms in total. The van der Waals surface area contributed by atoms with E-state index in [2.05, 4.69) is 5.32 Å². The average Bonchev–Trinajstić information content (AvgIpc) is 2.61. The number of anilines is 1. The Hall–Kier alpha value is -2.69. The van der Waals surface area contributed by atoms with Crippen molar-refractivity contribution in [1.29, 1.82) is 0 Å². The topological polar surface area (TPSA) is 50.8 Å². The van der Waals surface area contributed by atoms with Crippen LogP contribution in [0.1, 0.15) is 28.9 Å². The van der Waals surface area contributed by atoms with Crippen LogP contribution in [0, 0.1) is 0 Å². The van der Waals surface area contributed by atoms with Crippen molar-refractivity contribution in [1.82, 2.24) is 5.32 Å². The van der Waals surface area contributed by atoms with Gasteiger partial charge in [-0.15, -0.1) is 0 Å². The van der Waals surface area contributed by atoms with E-state index in [-0.39, 0.29) is 11.9 Å². The van der Waals surface area contributed by atoms with Gasteiger partial charge in [0.05, 0.1) is 6.04 Å². The Morgan fingerprint density at radius 1 is 1.08 bits per heavy atom. The molecule has 5 heteroatoms. The number of ether oxygens (including phenoxy) is 2. The molecule has 1 atom stereocenters. The van der Waals surface area contributed by atoms with Gasteiger partial charge in [0.2, 0.25) is 0 Å². The number of nitrogens with one attached hydrogen (secondary N) is 1. The van der Waals surface area contributed by atoms with Gasteiger partial charge in [-0.25, -0.2) is 0 Å². The van der Waals surface area contributed by atoms with E-state index in [0.717, 1.165) is 22.7 Å². The van der Waals surface area contributed by atoms with Crippen LogP contribution in [0.5, 0.6) is 11.5 Å². The lowest BCUT2D eigenvalue weighted by atomic mass is 10.1. The van der Waals surface area contributed by atoms with Crippen LogP contribution < -0.4 is 19.7 Å². The molecule has 0 radical (unpaired) electrons. The number of hydrogen-bond acceptors (Lipinski definition) is 4. The first kappa shape index (κ1) is 16.2. The summed E-state index contributed by atoms with van der Waals surface area (Å²) in [5, 5.41) is 3.03. The normalized spacial score (nSPS) is 14.0. The molecule has 1 aliphatic heterocycles. The number of amides is 1. The molecular formula is C19H22N2O3. The Bertz CT molecular complexity index is 743. The second-order valence-electron chi connectivity index (χ2n) is 6.04. The molecule has 0 aliphatic carbocycles. The first-order valence-corrected chi connectivity index (χ1v) is 8.02. The van der Waals surface area contributed by atoms with Gasteiger partial charge in [0.25, 0.3) is 5.91 Å². The second-order valence-corrected chi connectivity index (χ2v) is 6.04. The third kappa shape index (κ3) is 3.45. The maximum atomic E-state index is 12.5. The quantitative estimate of drug-likeness (QED) is 0.938. The zero-order valence-corrected chi connectivity index (χ0v) is 14.2. The van der Waals surface area contributed by atoms with E-state index in [9.17, 15) is 4.79 Å². The second kappa shape index (κ2) is 6.83.